The second kappa shape index (κ2) is 7.65. The topological polar surface area (TPSA) is 75.4 Å². The van der Waals surface area contributed by atoms with Gasteiger partial charge in [0.15, 0.2) is 0 Å². The van der Waals surface area contributed by atoms with Crippen LogP contribution in [0.3, 0.4) is 0 Å². The number of hydrogen-bond acceptors (Lipinski definition) is 4. The smallest absolute Gasteiger partial charge is 0.241 e. The molecule has 0 radical (unpaired) electrons. The SMILES string of the molecule is CSc1ccccc1NC(=O)C(C)N1CCC(C(N)=O)CC1. The predicted molar refractivity (Wildman–Crippen MR) is 89.8 cm³/mol. The number of amides is 2. The van der Waals surface area contributed by atoms with Crippen LogP contribution >= 0.6 is 11.8 Å². The number of nitrogens with two attached hydrogens (primary N) is 1. The summed E-state index contributed by atoms with van der Waals surface area (Å²) in [5.74, 6) is -0.298. The number of anilines is 1. The largest absolute Gasteiger partial charge is 0.369 e. The third kappa shape index (κ3) is 4.01. The van der Waals surface area contributed by atoms with Crippen molar-refractivity contribution in [3.8, 4) is 0 Å². The maximum atomic E-state index is 12.4. The standard InChI is InChI=1S/C16H23N3O2S/c1-11(19-9-7-12(8-10-19)15(17)20)16(21)18-13-5-3-4-6-14(13)22-2/h3-6,11-12H,7-10H2,1-2H3,(H2,17,20)(H,18,21). The average Bonchev–Trinajstić information content (AvgIpc) is 2.54. The highest BCUT2D eigenvalue weighted by Crippen LogP contribution is 2.25. The molecule has 0 aromatic heterocycles. The lowest BCUT2D eigenvalue weighted by Gasteiger charge is -2.34. The lowest BCUT2D eigenvalue weighted by Crippen LogP contribution is -2.47. The molecule has 3 N–H and O–H groups in total. The van der Waals surface area contributed by atoms with E-state index in [0.29, 0.717) is 0 Å². The van der Waals surface area contributed by atoms with Crippen molar-refractivity contribution in [2.45, 2.75) is 30.7 Å². The van der Waals surface area contributed by atoms with E-state index in [1.165, 1.54) is 0 Å². The molecule has 0 saturated carbocycles. The first-order valence-corrected chi connectivity index (χ1v) is 8.72. The maximum Gasteiger partial charge on any atom is 0.241 e. The predicted octanol–water partition coefficient (Wildman–Crippen LogP) is 1.93. The van der Waals surface area contributed by atoms with E-state index in [2.05, 4.69) is 10.2 Å². The summed E-state index contributed by atoms with van der Waals surface area (Å²) in [5, 5.41) is 3.00. The van der Waals surface area contributed by atoms with Crippen LogP contribution < -0.4 is 11.1 Å². The van der Waals surface area contributed by atoms with Crippen molar-refractivity contribution in [3.05, 3.63) is 24.3 Å². The number of rotatable bonds is 5. The Balaban J connectivity index is 1.94. The molecule has 1 atom stereocenters. The van der Waals surface area contributed by atoms with Crippen LogP contribution in [0.2, 0.25) is 0 Å². The van der Waals surface area contributed by atoms with Crippen LogP contribution in [-0.4, -0.2) is 42.1 Å². The fourth-order valence-corrected chi connectivity index (χ4v) is 3.28. The number of benzene rings is 1. The van der Waals surface area contributed by atoms with Gasteiger partial charge in [0.1, 0.15) is 0 Å². The quantitative estimate of drug-likeness (QED) is 0.813. The summed E-state index contributed by atoms with van der Waals surface area (Å²) in [6.07, 6.45) is 3.45. The Labute approximate surface area is 135 Å². The first kappa shape index (κ1) is 16.8. The first-order chi connectivity index (χ1) is 10.5. The highest BCUT2D eigenvalue weighted by atomic mass is 32.2. The van der Waals surface area contributed by atoms with Gasteiger partial charge in [-0.25, -0.2) is 0 Å². The molecule has 120 valence electrons. The molecular formula is C16H23N3O2S. The van der Waals surface area contributed by atoms with Gasteiger partial charge in [-0.2, -0.15) is 0 Å². The molecule has 0 aliphatic carbocycles. The molecule has 2 rings (SSSR count). The summed E-state index contributed by atoms with van der Waals surface area (Å²) in [6.45, 7) is 3.36. The van der Waals surface area contributed by atoms with Gasteiger partial charge in [0.25, 0.3) is 0 Å². The van der Waals surface area contributed by atoms with Gasteiger partial charge < -0.3 is 11.1 Å². The Kier molecular flexibility index (Phi) is 5.85. The second-order valence-electron chi connectivity index (χ2n) is 5.58. The Bertz CT molecular complexity index is 542. The Morgan fingerprint density at radius 1 is 1.32 bits per heavy atom. The van der Waals surface area contributed by atoms with Crippen molar-refractivity contribution < 1.29 is 9.59 Å². The molecule has 1 aromatic carbocycles. The summed E-state index contributed by atoms with van der Waals surface area (Å²) in [6, 6.07) is 7.56. The van der Waals surface area contributed by atoms with Crippen molar-refractivity contribution in [3.63, 3.8) is 0 Å². The summed E-state index contributed by atoms with van der Waals surface area (Å²) < 4.78 is 0. The Morgan fingerprint density at radius 2 is 1.95 bits per heavy atom. The minimum Gasteiger partial charge on any atom is -0.369 e. The van der Waals surface area contributed by atoms with Crippen LogP contribution in [0.25, 0.3) is 0 Å². The molecule has 1 aliphatic rings. The number of piperidine rings is 1. The van der Waals surface area contributed by atoms with E-state index in [0.717, 1.165) is 36.5 Å². The molecule has 1 saturated heterocycles. The number of carbonyl (C=O) groups excluding carboxylic acids is 2. The van der Waals surface area contributed by atoms with E-state index in [4.69, 9.17) is 5.73 Å². The van der Waals surface area contributed by atoms with Crippen molar-refractivity contribution >= 4 is 29.3 Å². The number of primary amides is 1. The van der Waals surface area contributed by atoms with Crippen molar-refractivity contribution in [1.29, 1.82) is 0 Å². The maximum absolute atomic E-state index is 12.4. The molecule has 2 amide bonds. The fraction of sp³-hybridized carbons (Fsp3) is 0.500. The highest BCUT2D eigenvalue weighted by Gasteiger charge is 2.28. The number of para-hydroxylation sites is 1. The third-order valence-corrected chi connectivity index (χ3v) is 5.02. The molecule has 0 spiro atoms. The van der Waals surface area contributed by atoms with E-state index >= 15 is 0 Å². The monoisotopic (exact) mass is 321 g/mol. The zero-order valence-corrected chi connectivity index (χ0v) is 13.9. The van der Waals surface area contributed by atoms with Crippen LogP contribution in [0.1, 0.15) is 19.8 Å². The van der Waals surface area contributed by atoms with Gasteiger partial charge in [0.05, 0.1) is 11.7 Å². The van der Waals surface area contributed by atoms with E-state index in [1.807, 2.05) is 37.4 Å². The fourth-order valence-electron chi connectivity index (χ4n) is 2.72. The van der Waals surface area contributed by atoms with Gasteiger partial charge in [-0.3, -0.25) is 14.5 Å². The number of nitrogens with zero attached hydrogens (tertiary/aromatic N) is 1. The van der Waals surface area contributed by atoms with Crippen LogP contribution in [0, 0.1) is 5.92 Å². The number of carbonyl (C=O) groups is 2. The molecule has 1 fully saturated rings. The first-order valence-electron chi connectivity index (χ1n) is 7.50. The highest BCUT2D eigenvalue weighted by molar-refractivity contribution is 7.98. The lowest BCUT2D eigenvalue weighted by molar-refractivity contribution is -0.124. The molecule has 22 heavy (non-hydrogen) atoms. The molecule has 1 aromatic rings. The van der Waals surface area contributed by atoms with E-state index < -0.39 is 0 Å². The third-order valence-electron chi connectivity index (χ3n) is 4.22. The second-order valence-corrected chi connectivity index (χ2v) is 6.43. The van der Waals surface area contributed by atoms with E-state index in [-0.39, 0.29) is 23.8 Å². The van der Waals surface area contributed by atoms with Crippen LogP contribution in [0.5, 0.6) is 0 Å². The zero-order valence-electron chi connectivity index (χ0n) is 13.0. The van der Waals surface area contributed by atoms with Gasteiger partial charge in [-0.1, -0.05) is 12.1 Å². The van der Waals surface area contributed by atoms with Crippen LogP contribution in [0.4, 0.5) is 5.69 Å². The van der Waals surface area contributed by atoms with Crippen molar-refractivity contribution in [1.82, 2.24) is 4.90 Å². The molecule has 6 heteroatoms. The minimum atomic E-state index is -0.231. The molecule has 0 bridgehead atoms. The lowest BCUT2D eigenvalue weighted by atomic mass is 9.95. The molecule has 1 unspecified atom stereocenters. The van der Waals surface area contributed by atoms with Gasteiger partial charge >= 0.3 is 0 Å². The van der Waals surface area contributed by atoms with E-state index in [1.54, 1.807) is 11.8 Å². The van der Waals surface area contributed by atoms with Crippen molar-refractivity contribution in [2.75, 3.05) is 24.7 Å². The number of hydrogen-bond donors (Lipinski definition) is 2. The summed E-state index contributed by atoms with van der Waals surface area (Å²) >= 11 is 1.61. The van der Waals surface area contributed by atoms with Gasteiger partial charge in [0.2, 0.25) is 11.8 Å². The van der Waals surface area contributed by atoms with Gasteiger partial charge in [0, 0.05) is 10.8 Å². The number of likely N-dealkylation sites (tertiary alicyclic amines) is 1. The number of thioether (sulfide) groups is 1. The average molecular weight is 321 g/mol. The van der Waals surface area contributed by atoms with Gasteiger partial charge in [-0.05, 0) is 51.2 Å². The Morgan fingerprint density at radius 3 is 2.55 bits per heavy atom. The van der Waals surface area contributed by atoms with Gasteiger partial charge in [-0.15, -0.1) is 11.8 Å². The van der Waals surface area contributed by atoms with Crippen molar-refractivity contribution in [2.24, 2.45) is 11.7 Å². The van der Waals surface area contributed by atoms with Crippen LogP contribution in [0.15, 0.2) is 29.2 Å². The van der Waals surface area contributed by atoms with Crippen LogP contribution in [-0.2, 0) is 9.59 Å². The summed E-state index contributed by atoms with van der Waals surface area (Å²) in [7, 11) is 0. The minimum absolute atomic E-state index is 0.0148. The summed E-state index contributed by atoms with van der Waals surface area (Å²) in [5.41, 5.74) is 6.19. The summed E-state index contributed by atoms with van der Waals surface area (Å²) in [4.78, 5) is 26.8. The zero-order chi connectivity index (χ0) is 16.1. The van der Waals surface area contributed by atoms with E-state index in [9.17, 15) is 9.59 Å². The molecule has 1 aliphatic heterocycles. The normalized spacial score (nSPS) is 17.9. The molecule has 1 heterocycles. The Hall–Kier alpha value is -1.53. The number of nitrogens with one attached hydrogen (secondary N) is 1. The molecular weight excluding hydrogens is 298 g/mol. The molecule has 5 nitrogen and oxygen atoms in total.